The van der Waals surface area contributed by atoms with E-state index >= 15 is 0 Å². The zero-order valence-corrected chi connectivity index (χ0v) is 13.2. The average Bonchev–Trinajstić information content (AvgIpc) is 2.59. The molecule has 2 rings (SSSR count). The van der Waals surface area contributed by atoms with Crippen molar-refractivity contribution in [2.75, 3.05) is 14.2 Å². The van der Waals surface area contributed by atoms with Crippen LogP contribution in [-0.4, -0.2) is 36.5 Å². The van der Waals surface area contributed by atoms with Crippen LogP contribution in [0.2, 0.25) is 0 Å². The Balaban J connectivity index is 2.61. The van der Waals surface area contributed by atoms with Crippen molar-refractivity contribution in [3.8, 4) is 11.3 Å². The lowest BCUT2D eigenvalue weighted by atomic mass is 10.0. The number of esters is 1. The third-order valence-electron chi connectivity index (χ3n) is 3.41. The van der Waals surface area contributed by atoms with Crippen LogP contribution >= 0.6 is 0 Å². The van der Waals surface area contributed by atoms with Gasteiger partial charge < -0.3 is 9.47 Å². The third kappa shape index (κ3) is 3.92. The van der Waals surface area contributed by atoms with Gasteiger partial charge in [-0.2, -0.15) is 5.10 Å². The van der Waals surface area contributed by atoms with Crippen molar-refractivity contribution in [1.29, 1.82) is 0 Å². The van der Waals surface area contributed by atoms with Crippen molar-refractivity contribution in [3.05, 3.63) is 57.9 Å². The number of nitrogens with zero attached hydrogens (tertiary/aromatic N) is 1. The molecule has 0 radical (unpaired) electrons. The summed E-state index contributed by atoms with van der Waals surface area (Å²) in [6, 6.07) is 10.8. The van der Waals surface area contributed by atoms with E-state index in [0.717, 1.165) is 5.56 Å². The quantitative estimate of drug-likeness (QED) is 0.674. The van der Waals surface area contributed by atoms with Crippen LogP contribution in [0.3, 0.4) is 0 Å². The monoisotopic (exact) mass is 314 g/mol. The first kappa shape index (κ1) is 16.6. The number of carbonyl (C=O) groups excluding carboxylic acids is 1. The predicted molar refractivity (Wildman–Crippen MR) is 86.8 cm³/mol. The van der Waals surface area contributed by atoms with Gasteiger partial charge in [0.05, 0.1) is 24.5 Å². The summed E-state index contributed by atoms with van der Waals surface area (Å²) in [6.07, 6.45) is 1.09. The van der Waals surface area contributed by atoms with Gasteiger partial charge in [-0.15, -0.1) is 0 Å². The Morgan fingerprint density at radius 3 is 2.57 bits per heavy atom. The summed E-state index contributed by atoms with van der Waals surface area (Å²) in [6.45, 7) is 1.73. The highest BCUT2D eigenvalue weighted by molar-refractivity contribution is 5.95. The Kier molecular flexibility index (Phi) is 5.43. The average molecular weight is 314 g/mol. The van der Waals surface area contributed by atoms with Gasteiger partial charge in [-0.05, 0) is 13.0 Å². The van der Waals surface area contributed by atoms with Crippen molar-refractivity contribution >= 4 is 12.0 Å². The maximum atomic E-state index is 12.0. The van der Waals surface area contributed by atoms with Gasteiger partial charge in [-0.3, -0.25) is 4.79 Å². The normalized spacial score (nSPS) is 12.7. The molecule has 1 atom stereocenters. The van der Waals surface area contributed by atoms with Crippen LogP contribution in [0.1, 0.15) is 12.5 Å². The van der Waals surface area contributed by atoms with E-state index in [1.54, 1.807) is 13.0 Å². The molecule has 0 aliphatic heterocycles. The van der Waals surface area contributed by atoms with Crippen LogP contribution in [0.25, 0.3) is 17.3 Å². The first-order valence-corrected chi connectivity index (χ1v) is 7.04. The fourth-order valence-electron chi connectivity index (χ4n) is 2.11. The van der Waals surface area contributed by atoms with Gasteiger partial charge in [0.25, 0.3) is 5.56 Å². The van der Waals surface area contributed by atoms with Gasteiger partial charge in [0.1, 0.15) is 0 Å². The first-order valence-electron chi connectivity index (χ1n) is 7.04. The number of benzene rings is 1. The van der Waals surface area contributed by atoms with Gasteiger partial charge in [-0.25, -0.2) is 9.89 Å². The second-order valence-corrected chi connectivity index (χ2v) is 4.87. The van der Waals surface area contributed by atoms with Crippen LogP contribution in [0.4, 0.5) is 0 Å². The molecule has 6 nitrogen and oxygen atoms in total. The number of methoxy groups -OCH3 is 2. The number of H-pyrrole nitrogens is 1. The SMILES string of the molecule is COC(=O)/C(=C\c1cc(=O)[nH]nc1-c1ccccc1)C(C)OC. The van der Waals surface area contributed by atoms with Crippen molar-refractivity contribution < 1.29 is 14.3 Å². The lowest BCUT2D eigenvalue weighted by Crippen LogP contribution is -2.19. The van der Waals surface area contributed by atoms with Crippen molar-refractivity contribution in [3.63, 3.8) is 0 Å². The first-order chi connectivity index (χ1) is 11.1. The Morgan fingerprint density at radius 1 is 1.26 bits per heavy atom. The van der Waals surface area contributed by atoms with Crippen LogP contribution in [0, 0.1) is 0 Å². The fraction of sp³-hybridized carbons (Fsp3) is 0.235. The lowest BCUT2D eigenvalue weighted by Gasteiger charge is -2.13. The minimum Gasteiger partial charge on any atom is -0.466 e. The third-order valence-corrected chi connectivity index (χ3v) is 3.41. The van der Waals surface area contributed by atoms with Gasteiger partial charge in [0.15, 0.2) is 0 Å². The van der Waals surface area contributed by atoms with E-state index < -0.39 is 12.1 Å². The van der Waals surface area contributed by atoms with E-state index in [2.05, 4.69) is 10.2 Å². The standard InChI is InChI=1S/C17H18N2O4/c1-11(22-2)14(17(21)23-3)9-13-10-15(20)18-19-16(13)12-7-5-4-6-8-12/h4-11H,1-3H3,(H,18,20)/b14-9-. The molecule has 0 fully saturated rings. The molecule has 2 aromatic rings. The molecule has 6 heteroatoms. The summed E-state index contributed by atoms with van der Waals surface area (Å²) in [4.78, 5) is 23.6. The number of carbonyl (C=O) groups is 1. The highest BCUT2D eigenvalue weighted by Gasteiger charge is 2.19. The number of aromatic amines is 1. The molecule has 23 heavy (non-hydrogen) atoms. The van der Waals surface area contributed by atoms with E-state index in [1.807, 2.05) is 30.3 Å². The largest absolute Gasteiger partial charge is 0.466 e. The predicted octanol–water partition coefficient (Wildman–Crippen LogP) is 2.03. The maximum Gasteiger partial charge on any atom is 0.336 e. The number of ether oxygens (including phenoxy) is 2. The highest BCUT2D eigenvalue weighted by Crippen LogP contribution is 2.23. The number of aromatic nitrogens is 2. The summed E-state index contributed by atoms with van der Waals surface area (Å²) < 4.78 is 10.00. The van der Waals surface area contributed by atoms with E-state index in [9.17, 15) is 9.59 Å². The molecule has 1 unspecified atom stereocenters. The minimum atomic E-state index is -0.515. The van der Waals surface area contributed by atoms with E-state index in [-0.39, 0.29) is 5.56 Å². The molecule has 1 N–H and O–H groups in total. The molecule has 1 aromatic heterocycles. The molecule has 0 bridgehead atoms. The van der Waals surface area contributed by atoms with E-state index in [4.69, 9.17) is 9.47 Å². The lowest BCUT2D eigenvalue weighted by molar-refractivity contribution is -0.137. The molecule has 0 saturated carbocycles. The summed E-state index contributed by atoms with van der Waals surface area (Å²) in [5.74, 6) is -0.515. The fourth-order valence-corrected chi connectivity index (χ4v) is 2.11. The Labute approximate surface area is 133 Å². The molecule has 120 valence electrons. The van der Waals surface area contributed by atoms with Gasteiger partial charge in [-0.1, -0.05) is 30.3 Å². The molecular weight excluding hydrogens is 296 g/mol. The number of nitrogens with one attached hydrogen (secondary N) is 1. The second kappa shape index (κ2) is 7.51. The summed E-state index contributed by atoms with van der Waals surface area (Å²) in [5.41, 5.74) is 1.85. The zero-order valence-electron chi connectivity index (χ0n) is 13.2. The molecule has 1 aromatic carbocycles. The topological polar surface area (TPSA) is 81.3 Å². The van der Waals surface area contributed by atoms with Crippen LogP contribution in [0.5, 0.6) is 0 Å². The molecule has 0 amide bonds. The van der Waals surface area contributed by atoms with Gasteiger partial charge >= 0.3 is 5.97 Å². The molecule has 0 aliphatic rings. The van der Waals surface area contributed by atoms with Crippen molar-refractivity contribution in [1.82, 2.24) is 10.2 Å². The highest BCUT2D eigenvalue weighted by atomic mass is 16.5. The molecule has 0 spiro atoms. The molecular formula is C17H18N2O4. The Hall–Kier alpha value is -2.73. The molecule has 0 aliphatic carbocycles. The number of rotatable bonds is 5. The van der Waals surface area contributed by atoms with Gasteiger partial charge in [0, 0.05) is 24.3 Å². The minimum absolute atomic E-state index is 0.305. The second-order valence-electron chi connectivity index (χ2n) is 4.87. The Bertz CT molecular complexity index is 766. The zero-order chi connectivity index (χ0) is 16.8. The molecule has 1 heterocycles. The van der Waals surface area contributed by atoms with Crippen LogP contribution < -0.4 is 5.56 Å². The molecule has 0 saturated heterocycles. The van der Waals surface area contributed by atoms with Crippen LogP contribution in [0.15, 0.2) is 46.8 Å². The Morgan fingerprint density at radius 2 is 1.96 bits per heavy atom. The maximum absolute atomic E-state index is 12.0. The van der Waals surface area contributed by atoms with Crippen molar-refractivity contribution in [2.45, 2.75) is 13.0 Å². The smallest absolute Gasteiger partial charge is 0.336 e. The van der Waals surface area contributed by atoms with E-state index in [1.165, 1.54) is 20.3 Å². The van der Waals surface area contributed by atoms with Gasteiger partial charge in [0.2, 0.25) is 0 Å². The summed E-state index contributed by atoms with van der Waals surface area (Å²) in [5, 5.41) is 6.51. The summed E-state index contributed by atoms with van der Waals surface area (Å²) >= 11 is 0. The van der Waals surface area contributed by atoms with Crippen LogP contribution in [-0.2, 0) is 14.3 Å². The summed E-state index contributed by atoms with van der Waals surface area (Å²) in [7, 11) is 2.79. The number of hydrogen-bond acceptors (Lipinski definition) is 5. The number of hydrogen-bond donors (Lipinski definition) is 1. The van der Waals surface area contributed by atoms with Crippen molar-refractivity contribution in [2.24, 2.45) is 0 Å². The van der Waals surface area contributed by atoms with E-state index in [0.29, 0.717) is 16.8 Å².